The highest BCUT2D eigenvalue weighted by Crippen LogP contribution is 2.31. The van der Waals surface area contributed by atoms with Gasteiger partial charge in [-0.3, -0.25) is 13.9 Å². The molecule has 0 aliphatic heterocycles. The molecule has 3 aromatic rings. The number of carbonyl (C=O) groups excluding carboxylic acids is 2. The maximum absolute atomic E-state index is 14.1. The minimum Gasteiger partial charge on any atom is -0.352 e. The zero-order valence-corrected chi connectivity index (χ0v) is 26.3. The predicted molar refractivity (Wildman–Crippen MR) is 169 cm³/mol. The average Bonchev–Trinajstić information content (AvgIpc) is 2.98. The van der Waals surface area contributed by atoms with Crippen LogP contribution in [0.5, 0.6) is 0 Å². The van der Waals surface area contributed by atoms with Gasteiger partial charge in [0.15, 0.2) is 0 Å². The third-order valence-electron chi connectivity index (χ3n) is 7.68. The fraction of sp³-hybridized carbons (Fsp3) is 0.375. The lowest BCUT2D eigenvalue weighted by Crippen LogP contribution is -2.53. The summed E-state index contributed by atoms with van der Waals surface area (Å²) in [6.07, 6.45) is 5.61. The maximum atomic E-state index is 14.1. The molecular formula is C32H37Cl2N3O4S. The van der Waals surface area contributed by atoms with Crippen LogP contribution in [0.15, 0.2) is 77.7 Å². The van der Waals surface area contributed by atoms with E-state index >= 15 is 0 Å². The first-order valence-corrected chi connectivity index (χ1v) is 16.4. The van der Waals surface area contributed by atoms with Crippen LogP contribution in [0.3, 0.4) is 0 Å². The van der Waals surface area contributed by atoms with E-state index < -0.39 is 28.5 Å². The zero-order chi connectivity index (χ0) is 30.3. The third-order valence-corrected chi connectivity index (χ3v) is 10.2. The van der Waals surface area contributed by atoms with Gasteiger partial charge in [0.25, 0.3) is 10.0 Å². The standard InChI is InChI=1S/C32H37Cl2N3O4S/c1-23-13-16-28(17-14-23)42(40,41)37(27-15-18-29(33)30(34)21-27)22-31(38)36(20-19-25-9-5-3-6-10-25)24(2)32(39)35-26-11-7-4-8-12-26/h3,5-6,9-10,13-18,21,24,26H,4,7-8,11-12,19-20,22H2,1-2H3,(H,35,39)/t24-/m0/s1. The molecule has 0 aromatic heterocycles. The fourth-order valence-corrected chi connectivity index (χ4v) is 6.84. The number of amides is 2. The van der Waals surface area contributed by atoms with Gasteiger partial charge < -0.3 is 10.2 Å². The van der Waals surface area contributed by atoms with Crippen LogP contribution < -0.4 is 9.62 Å². The Kier molecular flexibility index (Phi) is 10.9. The second-order valence-corrected chi connectivity index (χ2v) is 13.4. The van der Waals surface area contributed by atoms with E-state index in [1.165, 1.54) is 35.2 Å². The number of carbonyl (C=O) groups is 2. The Morgan fingerprint density at radius 3 is 2.24 bits per heavy atom. The van der Waals surface area contributed by atoms with Crippen molar-refractivity contribution in [2.45, 2.75) is 69.4 Å². The number of aryl methyl sites for hydroxylation is 1. The van der Waals surface area contributed by atoms with E-state index in [0.717, 1.165) is 47.5 Å². The lowest BCUT2D eigenvalue weighted by molar-refractivity contribution is -0.139. The Hall–Kier alpha value is -3.07. The molecule has 1 atom stereocenters. The van der Waals surface area contributed by atoms with E-state index in [9.17, 15) is 18.0 Å². The zero-order valence-electron chi connectivity index (χ0n) is 23.9. The normalized spacial score (nSPS) is 14.7. The number of hydrogen-bond donors (Lipinski definition) is 1. The monoisotopic (exact) mass is 629 g/mol. The largest absolute Gasteiger partial charge is 0.352 e. The number of benzene rings is 3. The molecular weight excluding hydrogens is 593 g/mol. The molecule has 0 spiro atoms. The Morgan fingerprint density at radius 1 is 0.929 bits per heavy atom. The summed E-state index contributed by atoms with van der Waals surface area (Å²) < 4.78 is 28.9. The number of nitrogens with zero attached hydrogens (tertiary/aromatic N) is 2. The Balaban J connectivity index is 1.65. The molecule has 0 bridgehead atoms. The van der Waals surface area contributed by atoms with Gasteiger partial charge in [0.1, 0.15) is 12.6 Å². The molecule has 3 aromatic carbocycles. The smallest absolute Gasteiger partial charge is 0.264 e. The van der Waals surface area contributed by atoms with E-state index in [1.54, 1.807) is 19.1 Å². The van der Waals surface area contributed by atoms with Gasteiger partial charge in [-0.25, -0.2) is 8.42 Å². The van der Waals surface area contributed by atoms with Crippen LogP contribution in [-0.4, -0.2) is 50.3 Å². The fourth-order valence-electron chi connectivity index (χ4n) is 5.15. The maximum Gasteiger partial charge on any atom is 0.264 e. The Morgan fingerprint density at radius 2 is 1.60 bits per heavy atom. The summed E-state index contributed by atoms with van der Waals surface area (Å²) >= 11 is 12.4. The average molecular weight is 631 g/mol. The van der Waals surface area contributed by atoms with E-state index in [4.69, 9.17) is 23.2 Å². The van der Waals surface area contributed by atoms with Crippen molar-refractivity contribution in [3.8, 4) is 0 Å². The van der Waals surface area contributed by atoms with Crippen molar-refractivity contribution < 1.29 is 18.0 Å². The number of hydrogen-bond acceptors (Lipinski definition) is 4. The van der Waals surface area contributed by atoms with Gasteiger partial charge in [-0.2, -0.15) is 0 Å². The molecule has 0 unspecified atom stereocenters. The molecule has 1 aliphatic rings. The van der Waals surface area contributed by atoms with Crippen molar-refractivity contribution in [2.24, 2.45) is 0 Å². The van der Waals surface area contributed by atoms with Crippen molar-refractivity contribution in [1.82, 2.24) is 10.2 Å². The number of halogens is 2. The molecule has 1 N–H and O–H groups in total. The van der Waals surface area contributed by atoms with Crippen LogP contribution in [0.4, 0.5) is 5.69 Å². The van der Waals surface area contributed by atoms with Gasteiger partial charge in [-0.1, -0.05) is 90.5 Å². The lowest BCUT2D eigenvalue weighted by atomic mass is 9.95. The molecule has 7 nitrogen and oxygen atoms in total. The molecule has 1 aliphatic carbocycles. The van der Waals surface area contributed by atoms with Gasteiger partial charge >= 0.3 is 0 Å². The molecule has 4 rings (SSSR count). The summed E-state index contributed by atoms with van der Waals surface area (Å²) in [7, 11) is -4.18. The minimum atomic E-state index is -4.18. The molecule has 0 saturated heterocycles. The summed E-state index contributed by atoms with van der Waals surface area (Å²) in [4.78, 5) is 28.9. The van der Waals surface area contributed by atoms with Crippen LogP contribution >= 0.6 is 23.2 Å². The van der Waals surface area contributed by atoms with Crippen LogP contribution in [0.25, 0.3) is 0 Å². The number of sulfonamides is 1. The molecule has 10 heteroatoms. The van der Waals surface area contributed by atoms with Crippen molar-refractivity contribution in [3.05, 3.63) is 94.0 Å². The summed E-state index contributed by atoms with van der Waals surface area (Å²) in [5.74, 6) is -0.746. The summed E-state index contributed by atoms with van der Waals surface area (Å²) in [5, 5.41) is 3.54. The van der Waals surface area contributed by atoms with Crippen LogP contribution in [0.1, 0.15) is 50.2 Å². The van der Waals surface area contributed by atoms with E-state index in [2.05, 4.69) is 5.32 Å². The van der Waals surface area contributed by atoms with Crippen LogP contribution in [-0.2, 0) is 26.0 Å². The first-order chi connectivity index (χ1) is 20.1. The third kappa shape index (κ3) is 8.06. The Bertz CT molecular complexity index is 1480. The highest BCUT2D eigenvalue weighted by Gasteiger charge is 2.33. The Labute approximate surface area is 258 Å². The first kappa shape index (κ1) is 31.9. The molecule has 1 fully saturated rings. The minimum absolute atomic E-state index is 0.0332. The number of nitrogens with one attached hydrogen (secondary N) is 1. The van der Waals surface area contributed by atoms with Crippen LogP contribution in [0, 0.1) is 6.92 Å². The molecule has 0 heterocycles. The summed E-state index contributed by atoms with van der Waals surface area (Å²) in [6.45, 7) is 3.27. The SMILES string of the molecule is Cc1ccc(S(=O)(=O)N(CC(=O)N(CCc2ccccc2)[C@@H](C)C(=O)NC2CCCCC2)c2ccc(Cl)c(Cl)c2)cc1. The predicted octanol–water partition coefficient (Wildman–Crippen LogP) is 6.41. The van der Waals surface area contributed by atoms with Gasteiger partial charge in [0.2, 0.25) is 11.8 Å². The molecule has 1 saturated carbocycles. The van der Waals surface area contributed by atoms with Gasteiger partial charge in [0, 0.05) is 12.6 Å². The first-order valence-electron chi connectivity index (χ1n) is 14.2. The van der Waals surface area contributed by atoms with E-state index in [1.807, 2.05) is 37.3 Å². The second kappa shape index (κ2) is 14.4. The van der Waals surface area contributed by atoms with Crippen LogP contribution in [0.2, 0.25) is 10.0 Å². The number of anilines is 1. The summed E-state index contributed by atoms with van der Waals surface area (Å²) in [5.41, 5.74) is 2.10. The molecule has 2 amide bonds. The topological polar surface area (TPSA) is 86.8 Å². The highest BCUT2D eigenvalue weighted by atomic mass is 35.5. The molecule has 42 heavy (non-hydrogen) atoms. The highest BCUT2D eigenvalue weighted by molar-refractivity contribution is 7.92. The molecule has 224 valence electrons. The van der Waals surface area contributed by atoms with E-state index in [-0.39, 0.29) is 39.1 Å². The quantitative estimate of drug-likeness (QED) is 0.266. The second-order valence-electron chi connectivity index (χ2n) is 10.8. The van der Waals surface area contributed by atoms with Crippen molar-refractivity contribution >= 4 is 50.7 Å². The lowest BCUT2D eigenvalue weighted by Gasteiger charge is -2.33. The van der Waals surface area contributed by atoms with Crippen molar-refractivity contribution in [1.29, 1.82) is 0 Å². The van der Waals surface area contributed by atoms with Gasteiger partial charge in [-0.05, 0) is 69.0 Å². The van der Waals surface area contributed by atoms with Gasteiger partial charge in [0.05, 0.1) is 20.6 Å². The van der Waals surface area contributed by atoms with E-state index in [0.29, 0.717) is 6.42 Å². The summed E-state index contributed by atoms with van der Waals surface area (Å²) in [6, 6.07) is 19.8. The van der Waals surface area contributed by atoms with Crippen molar-refractivity contribution in [3.63, 3.8) is 0 Å². The molecule has 0 radical (unpaired) electrons. The number of rotatable bonds is 11. The van der Waals surface area contributed by atoms with Crippen molar-refractivity contribution in [2.75, 3.05) is 17.4 Å². The van der Waals surface area contributed by atoms with Gasteiger partial charge in [-0.15, -0.1) is 0 Å².